The van der Waals surface area contributed by atoms with Crippen LogP contribution in [0.3, 0.4) is 0 Å². The Labute approximate surface area is 94.3 Å². The molecule has 0 saturated carbocycles. The number of benzene rings is 1. The molecule has 94 valence electrons. The molecule has 4 nitrogen and oxygen atoms in total. The molecule has 1 aromatic carbocycles. The van der Waals surface area contributed by atoms with Crippen molar-refractivity contribution < 1.29 is 32.9 Å². The van der Waals surface area contributed by atoms with Gasteiger partial charge in [-0.05, 0) is 6.07 Å². The summed E-state index contributed by atoms with van der Waals surface area (Å²) in [5.74, 6) is -5.46. The predicted molar refractivity (Wildman–Crippen MR) is 49.3 cm³/mol. The lowest BCUT2D eigenvalue weighted by Gasteiger charge is -2.16. The van der Waals surface area contributed by atoms with Gasteiger partial charge < -0.3 is 14.9 Å². The molecular formula is C10H9F3O4. The quantitative estimate of drug-likeness (QED) is 0.611. The van der Waals surface area contributed by atoms with Gasteiger partial charge in [-0.1, -0.05) is 0 Å². The third-order valence-electron chi connectivity index (χ3n) is 2.08. The van der Waals surface area contributed by atoms with Gasteiger partial charge in [0.25, 0.3) is 0 Å². The van der Waals surface area contributed by atoms with Gasteiger partial charge in [0, 0.05) is 11.6 Å². The van der Waals surface area contributed by atoms with E-state index in [-0.39, 0.29) is 6.07 Å². The summed E-state index contributed by atoms with van der Waals surface area (Å²) in [5, 5.41) is 18.6. The van der Waals surface area contributed by atoms with Gasteiger partial charge in [-0.25, -0.2) is 18.0 Å². The molecule has 0 bridgehead atoms. The maximum absolute atomic E-state index is 13.2. The Morgan fingerprint density at radius 3 is 2.41 bits per heavy atom. The first-order valence-corrected chi connectivity index (χ1v) is 4.47. The highest BCUT2D eigenvalue weighted by Gasteiger charge is 2.30. The highest BCUT2D eigenvalue weighted by atomic mass is 19.2. The average molecular weight is 250 g/mol. The first-order chi connectivity index (χ1) is 7.88. The average Bonchev–Trinajstić information content (AvgIpc) is 2.30. The van der Waals surface area contributed by atoms with E-state index in [0.717, 1.165) is 7.11 Å². The Bertz CT molecular complexity index is 436. The van der Waals surface area contributed by atoms with Gasteiger partial charge in [0.15, 0.2) is 17.7 Å². The van der Waals surface area contributed by atoms with Crippen molar-refractivity contribution in [3.8, 4) is 0 Å². The predicted octanol–water partition coefficient (Wildman–Crippen LogP) is 0.671. The minimum atomic E-state index is -2.13. The van der Waals surface area contributed by atoms with E-state index in [1.165, 1.54) is 0 Å². The second-order valence-corrected chi connectivity index (χ2v) is 3.20. The smallest absolute Gasteiger partial charge is 0.337 e. The highest BCUT2D eigenvalue weighted by Crippen LogP contribution is 2.24. The summed E-state index contributed by atoms with van der Waals surface area (Å²) in [6.45, 7) is 0. The van der Waals surface area contributed by atoms with E-state index in [1.54, 1.807) is 0 Å². The number of hydrogen-bond acceptors (Lipinski definition) is 4. The maximum atomic E-state index is 13.2. The number of halogens is 3. The molecule has 2 atom stereocenters. The lowest BCUT2D eigenvalue weighted by Crippen LogP contribution is -2.29. The molecule has 0 aliphatic rings. The summed E-state index contributed by atoms with van der Waals surface area (Å²) in [4.78, 5) is 10.9. The summed E-state index contributed by atoms with van der Waals surface area (Å²) in [5.41, 5.74) is -0.861. The van der Waals surface area contributed by atoms with E-state index in [2.05, 4.69) is 4.74 Å². The normalized spacial score (nSPS) is 14.2. The second kappa shape index (κ2) is 5.15. The fraction of sp³-hybridized carbons (Fsp3) is 0.300. The molecule has 0 aromatic heterocycles. The van der Waals surface area contributed by atoms with E-state index >= 15 is 0 Å². The molecule has 0 amide bonds. The number of ether oxygens (including phenoxy) is 1. The van der Waals surface area contributed by atoms with Gasteiger partial charge in [-0.3, -0.25) is 0 Å². The van der Waals surface area contributed by atoms with Crippen molar-refractivity contribution in [2.24, 2.45) is 0 Å². The van der Waals surface area contributed by atoms with E-state index in [1.807, 2.05) is 0 Å². The van der Waals surface area contributed by atoms with Gasteiger partial charge in [0.05, 0.1) is 7.11 Å². The molecule has 0 aliphatic carbocycles. The van der Waals surface area contributed by atoms with Crippen molar-refractivity contribution in [3.63, 3.8) is 0 Å². The van der Waals surface area contributed by atoms with Crippen molar-refractivity contribution in [2.75, 3.05) is 7.11 Å². The van der Waals surface area contributed by atoms with Crippen LogP contribution in [0.4, 0.5) is 13.2 Å². The van der Waals surface area contributed by atoms with Crippen LogP contribution < -0.4 is 0 Å². The number of esters is 1. The molecule has 7 heteroatoms. The van der Waals surface area contributed by atoms with Crippen LogP contribution in [-0.4, -0.2) is 29.4 Å². The van der Waals surface area contributed by atoms with Crippen LogP contribution in [0.2, 0.25) is 0 Å². The van der Waals surface area contributed by atoms with Gasteiger partial charge in [0.1, 0.15) is 11.9 Å². The Hall–Kier alpha value is -1.60. The first-order valence-electron chi connectivity index (χ1n) is 4.47. The third kappa shape index (κ3) is 2.75. The molecule has 2 N–H and O–H groups in total. The number of carbonyl (C=O) groups excluding carboxylic acids is 1. The molecule has 0 heterocycles. The number of rotatable bonds is 3. The minimum absolute atomic E-state index is 0.274. The van der Waals surface area contributed by atoms with Crippen LogP contribution in [0.5, 0.6) is 0 Å². The number of hydrogen-bond donors (Lipinski definition) is 2. The van der Waals surface area contributed by atoms with Crippen molar-refractivity contribution in [1.29, 1.82) is 0 Å². The van der Waals surface area contributed by atoms with E-state index in [9.17, 15) is 28.2 Å². The van der Waals surface area contributed by atoms with Crippen LogP contribution >= 0.6 is 0 Å². The Morgan fingerprint density at radius 1 is 1.29 bits per heavy atom. The van der Waals surface area contributed by atoms with E-state index in [0.29, 0.717) is 6.07 Å². The minimum Gasteiger partial charge on any atom is -0.467 e. The van der Waals surface area contributed by atoms with E-state index in [4.69, 9.17) is 0 Å². The van der Waals surface area contributed by atoms with Crippen LogP contribution in [0.25, 0.3) is 0 Å². The van der Waals surface area contributed by atoms with Crippen LogP contribution in [0.15, 0.2) is 12.1 Å². The maximum Gasteiger partial charge on any atom is 0.337 e. The first kappa shape index (κ1) is 13.5. The van der Waals surface area contributed by atoms with Crippen molar-refractivity contribution >= 4 is 5.97 Å². The topological polar surface area (TPSA) is 66.8 Å². The summed E-state index contributed by atoms with van der Waals surface area (Å²) in [6.07, 6.45) is -4.25. The zero-order valence-electron chi connectivity index (χ0n) is 8.65. The number of carbonyl (C=O) groups is 1. The molecule has 1 rings (SSSR count). The SMILES string of the molecule is COC(=O)C(O)C(O)c1cc(F)cc(F)c1F. The lowest BCUT2D eigenvalue weighted by molar-refractivity contribution is -0.156. The van der Waals surface area contributed by atoms with E-state index < -0.39 is 41.2 Å². The Balaban J connectivity index is 3.12. The Morgan fingerprint density at radius 2 is 1.88 bits per heavy atom. The highest BCUT2D eigenvalue weighted by molar-refractivity contribution is 5.75. The van der Waals surface area contributed by atoms with Crippen molar-refractivity contribution in [2.45, 2.75) is 12.2 Å². The molecule has 2 unspecified atom stereocenters. The van der Waals surface area contributed by atoms with Gasteiger partial charge in [-0.15, -0.1) is 0 Å². The summed E-state index contributed by atoms with van der Waals surface area (Å²) in [7, 11) is 0.931. The zero-order chi connectivity index (χ0) is 13.2. The number of aliphatic hydroxyl groups is 2. The van der Waals surface area contributed by atoms with Crippen molar-refractivity contribution in [3.05, 3.63) is 35.1 Å². The standard InChI is InChI=1S/C10H9F3O4/c1-17-10(16)9(15)8(14)5-2-4(11)3-6(12)7(5)13/h2-3,8-9,14-15H,1H3. The summed E-state index contributed by atoms with van der Waals surface area (Å²) in [6, 6.07) is 0.755. The fourth-order valence-corrected chi connectivity index (χ4v) is 1.21. The van der Waals surface area contributed by atoms with Gasteiger partial charge >= 0.3 is 5.97 Å². The summed E-state index contributed by atoms with van der Waals surface area (Å²) < 4.78 is 42.9. The number of methoxy groups -OCH3 is 1. The van der Waals surface area contributed by atoms with Crippen molar-refractivity contribution in [1.82, 2.24) is 0 Å². The molecule has 0 radical (unpaired) electrons. The van der Waals surface area contributed by atoms with Gasteiger partial charge in [0.2, 0.25) is 0 Å². The molecule has 1 aromatic rings. The second-order valence-electron chi connectivity index (χ2n) is 3.20. The molecular weight excluding hydrogens is 241 g/mol. The molecule has 0 aliphatic heterocycles. The third-order valence-corrected chi connectivity index (χ3v) is 2.08. The molecule has 17 heavy (non-hydrogen) atoms. The molecule has 0 fully saturated rings. The largest absolute Gasteiger partial charge is 0.467 e. The zero-order valence-corrected chi connectivity index (χ0v) is 8.65. The Kier molecular flexibility index (Phi) is 4.08. The summed E-state index contributed by atoms with van der Waals surface area (Å²) >= 11 is 0. The molecule has 0 saturated heterocycles. The van der Waals surface area contributed by atoms with Crippen LogP contribution in [0, 0.1) is 17.5 Å². The fourth-order valence-electron chi connectivity index (χ4n) is 1.21. The van der Waals surface area contributed by atoms with Gasteiger partial charge in [-0.2, -0.15) is 0 Å². The monoisotopic (exact) mass is 250 g/mol. The van der Waals surface area contributed by atoms with Crippen LogP contribution in [-0.2, 0) is 9.53 Å². The van der Waals surface area contributed by atoms with Crippen LogP contribution in [0.1, 0.15) is 11.7 Å². The number of aliphatic hydroxyl groups excluding tert-OH is 2. The molecule has 0 spiro atoms. The lowest BCUT2D eigenvalue weighted by atomic mass is 10.0.